The van der Waals surface area contributed by atoms with Crippen LogP contribution < -0.4 is 10.6 Å². The first-order valence-corrected chi connectivity index (χ1v) is 6.68. The van der Waals surface area contributed by atoms with Gasteiger partial charge in [-0.05, 0) is 35.3 Å². The van der Waals surface area contributed by atoms with Gasteiger partial charge in [0.15, 0.2) is 0 Å². The third kappa shape index (κ3) is 5.48. The maximum atomic E-state index is 11.3. The molecule has 3 N–H and O–H groups in total. The van der Waals surface area contributed by atoms with Crippen LogP contribution in [0.15, 0.2) is 15.9 Å². The van der Waals surface area contributed by atoms with Gasteiger partial charge in [-0.15, -0.1) is 11.3 Å². The highest BCUT2D eigenvalue weighted by atomic mass is 79.9. The van der Waals surface area contributed by atoms with Crippen molar-refractivity contribution in [3.05, 3.63) is 20.8 Å². The number of thiophene rings is 1. The molecule has 0 saturated carbocycles. The molecule has 0 saturated heterocycles. The molecule has 0 aliphatic rings. The van der Waals surface area contributed by atoms with E-state index in [-0.39, 0.29) is 12.1 Å². The van der Waals surface area contributed by atoms with Crippen molar-refractivity contribution in [1.29, 1.82) is 0 Å². The van der Waals surface area contributed by atoms with Crippen LogP contribution in [0, 0.1) is 0 Å². The molecule has 1 heterocycles. The SMILES string of the molecule is CC(O)CCNC(=O)NCc1cc(Br)cs1. The fraction of sp³-hybridized carbons (Fsp3) is 0.500. The normalized spacial score (nSPS) is 12.2. The van der Waals surface area contributed by atoms with Gasteiger partial charge in [0, 0.05) is 21.3 Å². The summed E-state index contributed by atoms with van der Waals surface area (Å²) < 4.78 is 1.03. The highest BCUT2D eigenvalue weighted by Crippen LogP contribution is 2.19. The van der Waals surface area contributed by atoms with Gasteiger partial charge in [-0.1, -0.05) is 0 Å². The molecule has 1 aromatic heterocycles. The van der Waals surface area contributed by atoms with Crippen LogP contribution >= 0.6 is 27.3 Å². The van der Waals surface area contributed by atoms with Gasteiger partial charge in [0.25, 0.3) is 0 Å². The Morgan fingerprint density at radius 1 is 1.62 bits per heavy atom. The van der Waals surface area contributed by atoms with Crippen molar-refractivity contribution in [3.63, 3.8) is 0 Å². The van der Waals surface area contributed by atoms with Gasteiger partial charge in [0.05, 0.1) is 12.6 Å². The highest BCUT2D eigenvalue weighted by Gasteiger charge is 2.02. The Balaban J connectivity index is 2.15. The molecule has 16 heavy (non-hydrogen) atoms. The smallest absolute Gasteiger partial charge is 0.315 e. The number of urea groups is 1. The van der Waals surface area contributed by atoms with Crippen molar-refractivity contribution in [2.75, 3.05) is 6.54 Å². The standard InChI is InChI=1S/C10H15BrN2O2S/c1-7(14)2-3-12-10(15)13-5-9-4-8(11)6-16-9/h4,6-7,14H,2-3,5H2,1H3,(H2,12,13,15). The third-order valence-corrected chi connectivity index (χ3v) is 3.59. The van der Waals surface area contributed by atoms with Crippen LogP contribution in [0.1, 0.15) is 18.2 Å². The summed E-state index contributed by atoms with van der Waals surface area (Å²) >= 11 is 4.94. The number of aliphatic hydroxyl groups is 1. The predicted octanol–water partition coefficient (Wildman–Crippen LogP) is 2.08. The monoisotopic (exact) mass is 306 g/mol. The molecule has 4 nitrogen and oxygen atoms in total. The first kappa shape index (κ1) is 13.5. The fourth-order valence-corrected chi connectivity index (χ4v) is 2.46. The average molecular weight is 307 g/mol. The van der Waals surface area contributed by atoms with Gasteiger partial charge in [-0.3, -0.25) is 0 Å². The molecule has 0 fully saturated rings. The zero-order valence-electron chi connectivity index (χ0n) is 9.00. The van der Waals surface area contributed by atoms with Gasteiger partial charge in [-0.25, -0.2) is 4.79 Å². The lowest BCUT2D eigenvalue weighted by Crippen LogP contribution is -2.36. The van der Waals surface area contributed by atoms with Gasteiger partial charge in [-0.2, -0.15) is 0 Å². The quantitative estimate of drug-likeness (QED) is 0.780. The zero-order chi connectivity index (χ0) is 12.0. The van der Waals surface area contributed by atoms with Crippen LogP contribution in [0.3, 0.4) is 0 Å². The number of carbonyl (C=O) groups excluding carboxylic acids is 1. The minimum absolute atomic E-state index is 0.204. The first-order chi connectivity index (χ1) is 7.58. The van der Waals surface area contributed by atoms with Crippen LogP contribution in [-0.2, 0) is 6.54 Å². The van der Waals surface area contributed by atoms with E-state index in [1.54, 1.807) is 18.3 Å². The molecule has 90 valence electrons. The summed E-state index contributed by atoms with van der Waals surface area (Å²) in [6, 6.07) is 1.77. The molecule has 1 atom stereocenters. The summed E-state index contributed by atoms with van der Waals surface area (Å²) in [6.07, 6.45) is 0.186. The van der Waals surface area contributed by atoms with Crippen LogP contribution in [-0.4, -0.2) is 23.8 Å². The molecule has 1 rings (SSSR count). The minimum atomic E-state index is -0.381. The van der Waals surface area contributed by atoms with Gasteiger partial charge in [0.2, 0.25) is 0 Å². The number of rotatable bonds is 5. The van der Waals surface area contributed by atoms with Crippen molar-refractivity contribution in [2.24, 2.45) is 0 Å². The summed E-state index contributed by atoms with van der Waals surface area (Å²) in [5.41, 5.74) is 0. The van der Waals surface area contributed by atoms with Crippen molar-refractivity contribution < 1.29 is 9.90 Å². The Bertz CT molecular complexity index is 341. The Morgan fingerprint density at radius 2 is 2.38 bits per heavy atom. The number of aliphatic hydroxyl groups excluding tert-OH is 1. The van der Waals surface area contributed by atoms with E-state index in [1.807, 2.05) is 11.4 Å². The summed E-state index contributed by atoms with van der Waals surface area (Å²) in [5.74, 6) is 0. The van der Waals surface area contributed by atoms with Crippen LogP contribution in [0.4, 0.5) is 4.79 Å². The second-order valence-corrected chi connectivity index (χ2v) is 5.39. The van der Waals surface area contributed by atoms with E-state index >= 15 is 0 Å². The predicted molar refractivity (Wildman–Crippen MR) is 68.6 cm³/mol. The Hall–Kier alpha value is -0.590. The molecule has 1 aromatic rings. The summed E-state index contributed by atoms with van der Waals surface area (Å²) in [5, 5.41) is 16.4. The van der Waals surface area contributed by atoms with Crippen molar-refractivity contribution in [3.8, 4) is 0 Å². The van der Waals surface area contributed by atoms with E-state index < -0.39 is 0 Å². The number of hydrogen-bond acceptors (Lipinski definition) is 3. The fourth-order valence-electron chi connectivity index (χ4n) is 1.07. The lowest BCUT2D eigenvalue weighted by Gasteiger charge is -2.07. The van der Waals surface area contributed by atoms with E-state index in [0.29, 0.717) is 19.5 Å². The van der Waals surface area contributed by atoms with E-state index in [4.69, 9.17) is 5.11 Å². The molecule has 6 heteroatoms. The molecule has 0 aliphatic heterocycles. The second-order valence-electron chi connectivity index (χ2n) is 3.48. The lowest BCUT2D eigenvalue weighted by molar-refractivity contribution is 0.183. The van der Waals surface area contributed by atoms with E-state index in [0.717, 1.165) is 9.35 Å². The Morgan fingerprint density at radius 3 is 2.94 bits per heavy atom. The second kappa shape index (κ2) is 6.88. The van der Waals surface area contributed by atoms with E-state index in [2.05, 4.69) is 26.6 Å². The number of carbonyl (C=O) groups is 1. The lowest BCUT2D eigenvalue weighted by atomic mass is 10.3. The summed E-state index contributed by atoms with van der Waals surface area (Å²) in [4.78, 5) is 12.4. The molecule has 0 radical (unpaired) electrons. The van der Waals surface area contributed by atoms with Crippen LogP contribution in [0.5, 0.6) is 0 Å². The van der Waals surface area contributed by atoms with Gasteiger partial charge < -0.3 is 15.7 Å². The summed E-state index contributed by atoms with van der Waals surface area (Å²) in [6.45, 7) is 2.71. The summed E-state index contributed by atoms with van der Waals surface area (Å²) in [7, 11) is 0. The first-order valence-electron chi connectivity index (χ1n) is 5.00. The number of halogens is 1. The molecular weight excluding hydrogens is 292 g/mol. The van der Waals surface area contributed by atoms with Crippen molar-refractivity contribution in [2.45, 2.75) is 26.0 Å². The zero-order valence-corrected chi connectivity index (χ0v) is 11.4. The average Bonchev–Trinajstić information content (AvgIpc) is 2.61. The number of hydrogen-bond donors (Lipinski definition) is 3. The molecule has 0 bridgehead atoms. The number of nitrogens with one attached hydrogen (secondary N) is 2. The maximum Gasteiger partial charge on any atom is 0.315 e. The largest absolute Gasteiger partial charge is 0.393 e. The number of amides is 2. The minimum Gasteiger partial charge on any atom is -0.393 e. The topological polar surface area (TPSA) is 61.4 Å². The molecule has 0 aromatic carbocycles. The molecule has 0 aliphatic carbocycles. The highest BCUT2D eigenvalue weighted by molar-refractivity contribution is 9.10. The molecule has 2 amide bonds. The third-order valence-electron chi connectivity index (χ3n) is 1.89. The van der Waals surface area contributed by atoms with Gasteiger partial charge >= 0.3 is 6.03 Å². The van der Waals surface area contributed by atoms with Crippen molar-refractivity contribution >= 4 is 33.3 Å². The Kier molecular flexibility index (Phi) is 5.79. The van der Waals surface area contributed by atoms with Crippen LogP contribution in [0.2, 0.25) is 0 Å². The van der Waals surface area contributed by atoms with E-state index in [9.17, 15) is 4.79 Å². The maximum absolute atomic E-state index is 11.3. The van der Waals surface area contributed by atoms with Crippen LogP contribution in [0.25, 0.3) is 0 Å². The molecule has 0 spiro atoms. The molecular formula is C10H15BrN2O2S. The van der Waals surface area contributed by atoms with E-state index in [1.165, 1.54) is 0 Å². The van der Waals surface area contributed by atoms with Gasteiger partial charge in [0.1, 0.15) is 0 Å². The van der Waals surface area contributed by atoms with Crippen molar-refractivity contribution in [1.82, 2.24) is 10.6 Å². The molecule has 1 unspecified atom stereocenters. The Labute approximate surface area is 107 Å².